The van der Waals surface area contributed by atoms with Gasteiger partial charge in [0.15, 0.2) is 0 Å². The van der Waals surface area contributed by atoms with E-state index in [2.05, 4.69) is 20.9 Å². The van der Waals surface area contributed by atoms with Crippen molar-refractivity contribution in [3.63, 3.8) is 0 Å². The Morgan fingerprint density at radius 1 is 1.22 bits per heavy atom. The van der Waals surface area contributed by atoms with Crippen molar-refractivity contribution >= 4 is 33.6 Å². The van der Waals surface area contributed by atoms with Gasteiger partial charge in [-0.2, -0.15) is 0 Å². The van der Waals surface area contributed by atoms with Crippen LogP contribution in [0.15, 0.2) is 53.1 Å². The van der Waals surface area contributed by atoms with E-state index in [-0.39, 0.29) is 17.7 Å². The molecular formula is C21H24BrN3O2. The van der Waals surface area contributed by atoms with Crippen LogP contribution in [0.2, 0.25) is 0 Å². The number of halogens is 1. The Hall–Kier alpha value is -2.21. The highest BCUT2D eigenvalue weighted by Crippen LogP contribution is 2.23. The van der Waals surface area contributed by atoms with Gasteiger partial charge in [-0.15, -0.1) is 0 Å². The Kier molecular flexibility index (Phi) is 6.61. The number of hydrogen-bond donors (Lipinski definition) is 0. The summed E-state index contributed by atoms with van der Waals surface area (Å²) in [5.74, 6) is 0.607. The second-order valence-electron chi connectivity index (χ2n) is 6.76. The Bertz CT molecular complexity index is 780. The summed E-state index contributed by atoms with van der Waals surface area (Å²) in [4.78, 5) is 33.6. The van der Waals surface area contributed by atoms with Crippen molar-refractivity contribution in [1.29, 1.82) is 0 Å². The van der Waals surface area contributed by atoms with Crippen molar-refractivity contribution in [3.8, 4) is 0 Å². The number of anilines is 1. The minimum Gasteiger partial charge on any atom is -0.342 e. The molecular weight excluding hydrogens is 406 g/mol. The van der Waals surface area contributed by atoms with Crippen LogP contribution in [0.1, 0.15) is 25.3 Å². The first kappa shape index (κ1) is 19.5. The lowest BCUT2D eigenvalue weighted by atomic mass is 9.95. The average Bonchev–Trinajstić information content (AvgIpc) is 2.70. The summed E-state index contributed by atoms with van der Waals surface area (Å²) in [6.07, 6.45) is 3.73. The van der Waals surface area contributed by atoms with Crippen molar-refractivity contribution in [3.05, 3.63) is 58.7 Å². The van der Waals surface area contributed by atoms with Crippen LogP contribution in [0.5, 0.6) is 0 Å². The molecule has 0 N–H and O–H groups in total. The van der Waals surface area contributed by atoms with Crippen molar-refractivity contribution in [1.82, 2.24) is 9.88 Å². The first-order valence-corrected chi connectivity index (χ1v) is 10.1. The van der Waals surface area contributed by atoms with Crippen LogP contribution >= 0.6 is 15.9 Å². The molecule has 1 unspecified atom stereocenters. The van der Waals surface area contributed by atoms with Crippen LogP contribution in [-0.4, -0.2) is 41.3 Å². The molecule has 0 aliphatic carbocycles. The van der Waals surface area contributed by atoms with Crippen LogP contribution in [0.4, 0.5) is 5.82 Å². The third kappa shape index (κ3) is 4.95. The fourth-order valence-electron chi connectivity index (χ4n) is 3.47. The van der Waals surface area contributed by atoms with E-state index in [0.717, 1.165) is 29.4 Å². The number of likely N-dealkylation sites (tertiary alicyclic amines) is 1. The zero-order valence-electron chi connectivity index (χ0n) is 15.5. The molecule has 3 rings (SSSR count). The van der Waals surface area contributed by atoms with Crippen molar-refractivity contribution in [2.24, 2.45) is 5.92 Å². The molecule has 1 aliphatic rings. The van der Waals surface area contributed by atoms with Gasteiger partial charge < -0.3 is 4.90 Å². The monoisotopic (exact) mass is 429 g/mol. The van der Waals surface area contributed by atoms with Gasteiger partial charge in [0.2, 0.25) is 11.8 Å². The van der Waals surface area contributed by atoms with Crippen LogP contribution in [0.3, 0.4) is 0 Å². The second-order valence-corrected chi connectivity index (χ2v) is 7.67. The number of piperidine rings is 1. The van der Waals surface area contributed by atoms with Gasteiger partial charge in [-0.3, -0.25) is 14.5 Å². The molecule has 0 bridgehead atoms. The lowest BCUT2D eigenvalue weighted by molar-refractivity contribution is -0.134. The summed E-state index contributed by atoms with van der Waals surface area (Å²) >= 11 is 3.37. The number of amides is 2. The highest BCUT2D eigenvalue weighted by molar-refractivity contribution is 9.10. The first-order chi connectivity index (χ1) is 13.1. The predicted molar refractivity (Wildman–Crippen MR) is 109 cm³/mol. The molecule has 2 aromatic rings. The Balaban J connectivity index is 1.66. The molecule has 6 heteroatoms. The molecule has 1 atom stereocenters. The topological polar surface area (TPSA) is 53.5 Å². The van der Waals surface area contributed by atoms with Crippen LogP contribution in [0.25, 0.3) is 0 Å². The summed E-state index contributed by atoms with van der Waals surface area (Å²) in [5.41, 5.74) is 1.00. The number of rotatable bonds is 5. The van der Waals surface area contributed by atoms with Gasteiger partial charge >= 0.3 is 0 Å². The van der Waals surface area contributed by atoms with Crippen molar-refractivity contribution in [2.45, 2.75) is 26.2 Å². The molecule has 142 valence electrons. The number of nitrogens with zero attached hydrogens (tertiary/aromatic N) is 3. The van der Waals surface area contributed by atoms with E-state index >= 15 is 0 Å². The fraction of sp³-hybridized carbons (Fsp3) is 0.381. The van der Waals surface area contributed by atoms with E-state index in [9.17, 15) is 9.59 Å². The molecule has 5 nitrogen and oxygen atoms in total. The Labute approximate surface area is 168 Å². The summed E-state index contributed by atoms with van der Waals surface area (Å²) in [7, 11) is 0. The zero-order valence-corrected chi connectivity index (χ0v) is 17.1. The molecule has 1 aliphatic heterocycles. The number of hydrogen-bond acceptors (Lipinski definition) is 3. The maximum absolute atomic E-state index is 13.1. The maximum atomic E-state index is 13.1. The van der Waals surface area contributed by atoms with Gasteiger partial charge in [0.05, 0.1) is 12.3 Å². The second kappa shape index (κ2) is 9.13. The minimum absolute atomic E-state index is 0.0459. The smallest absolute Gasteiger partial charge is 0.233 e. The third-order valence-electron chi connectivity index (χ3n) is 4.89. The van der Waals surface area contributed by atoms with Gasteiger partial charge in [-0.05, 0) is 53.4 Å². The largest absolute Gasteiger partial charge is 0.342 e. The molecule has 0 saturated carbocycles. The molecule has 1 saturated heterocycles. The molecule has 1 aromatic heterocycles. The van der Waals surface area contributed by atoms with E-state index in [1.165, 1.54) is 0 Å². The molecule has 1 aromatic carbocycles. The molecule has 0 radical (unpaired) electrons. The Morgan fingerprint density at radius 3 is 2.67 bits per heavy atom. The van der Waals surface area contributed by atoms with E-state index in [1.54, 1.807) is 11.1 Å². The van der Waals surface area contributed by atoms with Crippen LogP contribution in [0, 0.1) is 5.92 Å². The van der Waals surface area contributed by atoms with E-state index in [1.807, 2.05) is 54.3 Å². The average molecular weight is 430 g/mol. The standard InChI is InChI=1S/C21H24BrN3O2/c1-2-25(19-11-10-18(22)14-23-19)21(27)17-9-6-12-24(15-17)20(26)13-16-7-4-3-5-8-16/h3-5,7-8,10-11,14,17H,2,6,9,12-13,15H2,1H3. The van der Waals surface area contributed by atoms with Gasteiger partial charge in [0.1, 0.15) is 5.82 Å². The molecule has 27 heavy (non-hydrogen) atoms. The summed E-state index contributed by atoms with van der Waals surface area (Å²) in [6.45, 7) is 3.71. The van der Waals surface area contributed by atoms with Gasteiger partial charge in [-0.25, -0.2) is 4.98 Å². The van der Waals surface area contributed by atoms with Gasteiger partial charge in [0.25, 0.3) is 0 Å². The lowest BCUT2D eigenvalue weighted by Crippen LogP contribution is -2.47. The molecule has 2 heterocycles. The number of benzene rings is 1. The number of carbonyl (C=O) groups is 2. The van der Waals surface area contributed by atoms with Gasteiger partial charge in [-0.1, -0.05) is 30.3 Å². The SMILES string of the molecule is CCN(C(=O)C1CCCN(C(=O)Cc2ccccc2)C1)c1ccc(Br)cn1. The van der Waals surface area contributed by atoms with E-state index in [0.29, 0.717) is 25.3 Å². The molecule has 1 fully saturated rings. The zero-order chi connectivity index (χ0) is 19.2. The van der Waals surface area contributed by atoms with E-state index in [4.69, 9.17) is 0 Å². The summed E-state index contributed by atoms with van der Waals surface area (Å²) in [5, 5.41) is 0. The van der Waals surface area contributed by atoms with Crippen molar-refractivity contribution < 1.29 is 9.59 Å². The minimum atomic E-state index is -0.177. The Morgan fingerprint density at radius 2 is 2.00 bits per heavy atom. The summed E-state index contributed by atoms with van der Waals surface area (Å²) in [6, 6.07) is 13.5. The summed E-state index contributed by atoms with van der Waals surface area (Å²) < 4.78 is 0.880. The fourth-order valence-corrected chi connectivity index (χ4v) is 3.70. The molecule has 0 spiro atoms. The van der Waals surface area contributed by atoms with Crippen LogP contribution in [-0.2, 0) is 16.0 Å². The molecule has 2 amide bonds. The van der Waals surface area contributed by atoms with E-state index < -0.39 is 0 Å². The van der Waals surface area contributed by atoms with Gasteiger partial charge in [0, 0.05) is 30.3 Å². The lowest BCUT2D eigenvalue weighted by Gasteiger charge is -2.34. The highest BCUT2D eigenvalue weighted by Gasteiger charge is 2.31. The highest BCUT2D eigenvalue weighted by atomic mass is 79.9. The number of aromatic nitrogens is 1. The quantitative estimate of drug-likeness (QED) is 0.728. The number of carbonyl (C=O) groups excluding carboxylic acids is 2. The normalized spacial score (nSPS) is 16.8. The number of pyridine rings is 1. The predicted octanol–water partition coefficient (Wildman–Crippen LogP) is 3.68. The van der Waals surface area contributed by atoms with Crippen LogP contribution < -0.4 is 4.90 Å². The van der Waals surface area contributed by atoms with Crippen molar-refractivity contribution in [2.75, 3.05) is 24.5 Å². The first-order valence-electron chi connectivity index (χ1n) is 9.33. The third-order valence-corrected chi connectivity index (χ3v) is 5.36. The maximum Gasteiger partial charge on any atom is 0.233 e.